The van der Waals surface area contributed by atoms with Crippen LogP contribution in [0.1, 0.15) is 5.56 Å². The van der Waals surface area contributed by atoms with Gasteiger partial charge in [0.05, 0.1) is 10.7 Å². The van der Waals surface area contributed by atoms with Crippen LogP contribution in [-0.4, -0.2) is 36.2 Å². The monoisotopic (exact) mass is 352 g/mol. The number of piperazine rings is 1. The van der Waals surface area contributed by atoms with E-state index in [-0.39, 0.29) is 0 Å². The van der Waals surface area contributed by atoms with Gasteiger partial charge < -0.3 is 10.0 Å². The molecule has 0 bridgehead atoms. The van der Waals surface area contributed by atoms with Crippen molar-refractivity contribution in [3.63, 3.8) is 0 Å². The van der Waals surface area contributed by atoms with E-state index in [0.29, 0.717) is 5.75 Å². The standard InChI is InChI=1S/C21H21ClN2O/c22-19-7-3-4-8-20(19)24-13-11-23(12-14-24)15-18-17-6-2-1-5-16(17)9-10-21(18)25/h1-10,25H,11-15H2. The maximum Gasteiger partial charge on any atom is 0.120 e. The Bertz CT molecular complexity index is 888. The Labute approximate surface area is 153 Å². The molecule has 1 aliphatic rings. The highest BCUT2D eigenvalue weighted by molar-refractivity contribution is 6.33. The van der Waals surface area contributed by atoms with E-state index < -0.39 is 0 Å². The zero-order valence-electron chi connectivity index (χ0n) is 14.0. The van der Waals surface area contributed by atoms with Gasteiger partial charge in [-0.25, -0.2) is 0 Å². The third-order valence-electron chi connectivity index (χ3n) is 4.96. The molecule has 1 saturated heterocycles. The molecule has 0 saturated carbocycles. The zero-order valence-corrected chi connectivity index (χ0v) is 14.8. The van der Waals surface area contributed by atoms with Gasteiger partial charge in [0.1, 0.15) is 5.75 Å². The van der Waals surface area contributed by atoms with Crippen LogP contribution >= 0.6 is 11.6 Å². The van der Waals surface area contributed by atoms with Crippen LogP contribution in [0.25, 0.3) is 10.8 Å². The summed E-state index contributed by atoms with van der Waals surface area (Å²) in [5.41, 5.74) is 2.13. The molecule has 1 N–H and O–H groups in total. The van der Waals surface area contributed by atoms with Crippen LogP contribution < -0.4 is 4.90 Å². The molecule has 0 aliphatic carbocycles. The molecule has 0 spiro atoms. The molecule has 1 heterocycles. The molecule has 0 aromatic heterocycles. The normalized spacial score (nSPS) is 15.6. The fourth-order valence-corrected chi connectivity index (χ4v) is 3.82. The molecule has 0 amide bonds. The summed E-state index contributed by atoms with van der Waals surface area (Å²) in [6.45, 7) is 4.55. The number of phenolic OH excluding ortho intramolecular Hbond substituents is 1. The van der Waals surface area contributed by atoms with Crippen molar-refractivity contribution in [2.45, 2.75) is 6.54 Å². The van der Waals surface area contributed by atoms with Crippen molar-refractivity contribution >= 4 is 28.1 Å². The number of anilines is 1. The predicted molar refractivity (Wildman–Crippen MR) is 105 cm³/mol. The summed E-state index contributed by atoms with van der Waals surface area (Å²) < 4.78 is 0. The summed E-state index contributed by atoms with van der Waals surface area (Å²) in [5, 5.41) is 13.5. The molecule has 0 atom stereocenters. The van der Waals surface area contributed by atoms with Crippen molar-refractivity contribution in [2.24, 2.45) is 0 Å². The Morgan fingerprint density at radius 3 is 2.36 bits per heavy atom. The molecule has 4 heteroatoms. The summed E-state index contributed by atoms with van der Waals surface area (Å²) in [7, 11) is 0. The van der Waals surface area contributed by atoms with Gasteiger partial charge in [-0.1, -0.05) is 54.1 Å². The number of fused-ring (bicyclic) bond motifs is 1. The quantitative estimate of drug-likeness (QED) is 0.750. The first-order valence-corrected chi connectivity index (χ1v) is 9.01. The summed E-state index contributed by atoms with van der Waals surface area (Å²) in [5.74, 6) is 0.382. The first-order valence-electron chi connectivity index (χ1n) is 8.64. The average molecular weight is 353 g/mol. The van der Waals surface area contributed by atoms with Gasteiger partial charge in [-0.15, -0.1) is 0 Å². The minimum atomic E-state index is 0.382. The van der Waals surface area contributed by atoms with E-state index in [4.69, 9.17) is 11.6 Å². The van der Waals surface area contributed by atoms with Crippen molar-refractivity contribution in [1.29, 1.82) is 0 Å². The smallest absolute Gasteiger partial charge is 0.120 e. The molecule has 3 aromatic rings. The van der Waals surface area contributed by atoms with Gasteiger partial charge in [0.25, 0.3) is 0 Å². The van der Waals surface area contributed by atoms with E-state index in [9.17, 15) is 5.11 Å². The van der Waals surface area contributed by atoms with Crippen molar-refractivity contribution in [2.75, 3.05) is 31.1 Å². The van der Waals surface area contributed by atoms with Gasteiger partial charge in [0, 0.05) is 38.3 Å². The van der Waals surface area contributed by atoms with Crippen molar-refractivity contribution < 1.29 is 5.11 Å². The Balaban J connectivity index is 1.49. The fraction of sp³-hybridized carbons (Fsp3) is 0.238. The molecule has 4 rings (SSSR count). The van der Waals surface area contributed by atoms with Gasteiger partial charge in [0.15, 0.2) is 0 Å². The maximum absolute atomic E-state index is 10.4. The summed E-state index contributed by atoms with van der Waals surface area (Å²) in [4.78, 5) is 4.73. The summed E-state index contributed by atoms with van der Waals surface area (Å²) in [6, 6.07) is 20.0. The van der Waals surface area contributed by atoms with Crippen LogP contribution in [0, 0.1) is 0 Å². The fourth-order valence-electron chi connectivity index (χ4n) is 3.57. The number of phenols is 1. The van der Waals surface area contributed by atoms with E-state index >= 15 is 0 Å². The summed E-state index contributed by atoms with van der Waals surface area (Å²) in [6.07, 6.45) is 0. The van der Waals surface area contributed by atoms with E-state index in [1.54, 1.807) is 6.07 Å². The largest absolute Gasteiger partial charge is 0.508 e. The molecule has 0 unspecified atom stereocenters. The van der Waals surface area contributed by atoms with Crippen LogP contribution in [0.4, 0.5) is 5.69 Å². The highest BCUT2D eigenvalue weighted by atomic mass is 35.5. The second-order valence-electron chi connectivity index (χ2n) is 6.50. The van der Waals surface area contributed by atoms with Crippen molar-refractivity contribution in [1.82, 2.24) is 4.90 Å². The molecule has 0 radical (unpaired) electrons. The lowest BCUT2D eigenvalue weighted by molar-refractivity contribution is 0.248. The van der Waals surface area contributed by atoms with Crippen molar-refractivity contribution in [3.8, 4) is 5.75 Å². The van der Waals surface area contributed by atoms with Crippen LogP contribution in [-0.2, 0) is 6.54 Å². The topological polar surface area (TPSA) is 26.7 Å². The lowest BCUT2D eigenvalue weighted by atomic mass is 10.0. The minimum absolute atomic E-state index is 0.382. The number of hydrogen-bond donors (Lipinski definition) is 1. The van der Waals surface area contributed by atoms with Crippen LogP contribution in [0.3, 0.4) is 0 Å². The number of hydrogen-bond acceptors (Lipinski definition) is 3. The van der Waals surface area contributed by atoms with Gasteiger partial charge in [0.2, 0.25) is 0 Å². The molecule has 128 valence electrons. The van der Waals surface area contributed by atoms with E-state index in [2.05, 4.69) is 28.0 Å². The van der Waals surface area contributed by atoms with Crippen LogP contribution in [0.15, 0.2) is 60.7 Å². The van der Waals surface area contributed by atoms with Gasteiger partial charge in [-0.2, -0.15) is 0 Å². The number of aromatic hydroxyl groups is 1. The summed E-state index contributed by atoms with van der Waals surface area (Å²) >= 11 is 6.32. The molecular formula is C21H21ClN2O. The van der Waals surface area contributed by atoms with Gasteiger partial charge >= 0.3 is 0 Å². The zero-order chi connectivity index (χ0) is 17.2. The molecular weight excluding hydrogens is 332 g/mol. The second-order valence-corrected chi connectivity index (χ2v) is 6.91. The Morgan fingerprint density at radius 2 is 1.56 bits per heavy atom. The third kappa shape index (κ3) is 3.30. The molecule has 3 nitrogen and oxygen atoms in total. The Kier molecular flexibility index (Phi) is 4.51. The van der Waals surface area contributed by atoms with E-state index in [0.717, 1.165) is 54.4 Å². The Morgan fingerprint density at radius 1 is 0.840 bits per heavy atom. The number of rotatable bonds is 3. The van der Waals surface area contributed by atoms with E-state index in [1.165, 1.54) is 5.39 Å². The highest BCUT2D eigenvalue weighted by Gasteiger charge is 2.20. The number of benzene rings is 3. The van der Waals surface area contributed by atoms with Crippen molar-refractivity contribution in [3.05, 3.63) is 71.2 Å². The first-order chi connectivity index (χ1) is 12.2. The minimum Gasteiger partial charge on any atom is -0.508 e. The molecule has 1 aliphatic heterocycles. The lowest BCUT2D eigenvalue weighted by Crippen LogP contribution is -2.46. The van der Waals surface area contributed by atoms with Crippen LogP contribution in [0.2, 0.25) is 5.02 Å². The van der Waals surface area contributed by atoms with Gasteiger partial charge in [-0.3, -0.25) is 4.90 Å². The van der Waals surface area contributed by atoms with Crippen LogP contribution in [0.5, 0.6) is 5.75 Å². The average Bonchev–Trinajstić information content (AvgIpc) is 2.65. The number of halogens is 1. The maximum atomic E-state index is 10.4. The number of para-hydroxylation sites is 1. The van der Waals surface area contributed by atoms with Gasteiger partial charge in [-0.05, 0) is 29.0 Å². The lowest BCUT2D eigenvalue weighted by Gasteiger charge is -2.36. The highest BCUT2D eigenvalue weighted by Crippen LogP contribution is 2.30. The SMILES string of the molecule is Oc1ccc2ccccc2c1CN1CCN(c2ccccc2Cl)CC1. The third-order valence-corrected chi connectivity index (χ3v) is 5.28. The second kappa shape index (κ2) is 6.95. The molecule has 3 aromatic carbocycles. The first kappa shape index (κ1) is 16.2. The predicted octanol–water partition coefficient (Wildman–Crippen LogP) is 4.52. The molecule has 1 fully saturated rings. The molecule has 25 heavy (non-hydrogen) atoms. The Hall–Kier alpha value is -2.23. The number of nitrogens with zero attached hydrogens (tertiary/aromatic N) is 2. The van der Waals surface area contributed by atoms with E-state index in [1.807, 2.05) is 36.4 Å².